The molecule has 0 radical (unpaired) electrons. The van der Waals surface area contributed by atoms with Gasteiger partial charge in [-0.15, -0.1) is 12.4 Å². The highest BCUT2D eigenvalue weighted by molar-refractivity contribution is 5.90. The lowest BCUT2D eigenvalue weighted by Crippen LogP contribution is -2.50. The number of hydrogen-bond donors (Lipinski definition) is 3. The molecule has 2 rings (SSSR count). The molecule has 156 valence electrons. The molecule has 2 amide bonds. The van der Waals surface area contributed by atoms with Gasteiger partial charge in [0.05, 0.1) is 12.6 Å². The van der Waals surface area contributed by atoms with Crippen LogP contribution in [0.3, 0.4) is 0 Å². The van der Waals surface area contributed by atoms with Gasteiger partial charge in [-0.3, -0.25) is 9.59 Å². The van der Waals surface area contributed by atoms with E-state index in [2.05, 4.69) is 16.0 Å². The van der Waals surface area contributed by atoms with Crippen LogP contribution in [-0.4, -0.2) is 43.0 Å². The van der Waals surface area contributed by atoms with Gasteiger partial charge >= 0.3 is 5.97 Å². The number of benzene rings is 1. The zero-order valence-corrected chi connectivity index (χ0v) is 17.2. The van der Waals surface area contributed by atoms with E-state index in [0.29, 0.717) is 6.42 Å². The van der Waals surface area contributed by atoms with Gasteiger partial charge in [-0.25, -0.2) is 4.79 Å². The highest BCUT2D eigenvalue weighted by Crippen LogP contribution is 2.11. The van der Waals surface area contributed by atoms with E-state index < -0.39 is 17.9 Å². The smallest absolute Gasteiger partial charge is 0.329 e. The second-order valence-electron chi connectivity index (χ2n) is 6.89. The van der Waals surface area contributed by atoms with Crippen molar-refractivity contribution < 1.29 is 19.1 Å². The van der Waals surface area contributed by atoms with Crippen molar-refractivity contribution >= 4 is 30.2 Å². The lowest BCUT2D eigenvalue weighted by Gasteiger charge is -2.23. The highest BCUT2D eigenvalue weighted by Gasteiger charge is 2.28. The third-order valence-corrected chi connectivity index (χ3v) is 4.81. The molecule has 1 heterocycles. The Kier molecular flexibility index (Phi) is 10.6. The van der Waals surface area contributed by atoms with Crippen molar-refractivity contribution in [1.29, 1.82) is 0 Å². The fourth-order valence-corrected chi connectivity index (χ4v) is 2.91. The maximum Gasteiger partial charge on any atom is 0.329 e. The van der Waals surface area contributed by atoms with E-state index >= 15 is 0 Å². The first-order valence-electron chi connectivity index (χ1n) is 9.52. The summed E-state index contributed by atoms with van der Waals surface area (Å²) in [5.41, 5.74) is 0.886. The van der Waals surface area contributed by atoms with Crippen LogP contribution in [0.1, 0.15) is 38.7 Å². The second kappa shape index (κ2) is 12.4. The summed E-state index contributed by atoms with van der Waals surface area (Å²) in [5, 5.41) is 8.40. The van der Waals surface area contributed by atoms with E-state index in [1.165, 1.54) is 0 Å². The number of nitrogens with one attached hydrogen (secondary N) is 3. The zero-order valence-electron chi connectivity index (χ0n) is 16.4. The Morgan fingerprint density at radius 1 is 1.25 bits per heavy atom. The fourth-order valence-electron chi connectivity index (χ4n) is 2.91. The highest BCUT2D eigenvalue weighted by atomic mass is 35.5. The quantitative estimate of drug-likeness (QED) is 0.536. The Hall–Kier alpha value is -2.12. The van der Waals surface area contributed by atoms with E-state index in [0.717, 1.165) is 24.9 Å². The molecule has 7 nitrogen and oxygen atoms in total. The first kappa shape index (κ1) is 23.9. The normalized spacial score (nSPS) is 17.7. The molecule has 1 aliphatic heterocycles. The van der Waals surface area contributed by atoms with Crippen molar-refractivity contribution in [1.82, 2.24) is 16.0 Å². The standard InChI is InChI=1S/C20H29N3O4.ClH/c1-3-14(2)18(20(26)27-13-15-8-5-4-6-9-15)23-17(24)12-22-19(25)16-10-7-11-21-16;/h4-6,8-9,14,16,18,21H,3,7,10-13H2,1-2H3,(H,22,25)(H,23,24);1H/t14-,16?,18-;/m0./s1. The number of esters is 1. The number of ether oxygens (including phenoxy) is 1. The van der Waals surface area contributed by atoms with Crippen molar-refractivity contribution in [3.05, 3.63) is 35.9 Å². The third kappa shape index (κ3) is 7.48. The molecule has 0 bridgehead atoms. The van der Waals surface area contributed by atoms with Gasteiger partial charge in [0.15, 0.2) is 0 Å². The van der Waals surface area contributed by atoms with Crippen LogP contribution in [0.2, 0.25) is 0 Å². The van der Waals surface area contributed by atoms with E-state index in [1.807, 2.05) is 44.2 Å². The van der Waals surface area contributed by atoms with E-state index in [4.69, 9.17) is 4.74 Å². The van der Waals surface area contributed by atoms with Crippen LogP contribution in [0.5, 0.6) is 0 Å². The molecule has 3 atom stereocenters. The monoisotopic (exact) mass is 411 g/mol. The van der Waals surface area contributed by atoms with Crippen molar-refractivity contribution in [3.8, 4) is 0 Å². The van der Waals surface area contributed by atoms with Gasteiger partial charge in [0.2, 0.25) is 11.8 Å². The van der Waals surface area contributed by atoms with Crippen LogP contribution >= 0.6 is 12.4 Å². The predicted molar refractivity (Wildman–Crippen MR) is 109 cm³/mol. The average molecular weight is 412 g/mol. The Balaban J connectivity index is 0.00000392. The van der Waals surface area contributed by atoms with E-state index in [1.54, 1.807) is 0 Å². The largest absolute Gasteiger partial charge is 0.459 e. The fraction of sp³-hybridized carbons (Fsp3) is 0.550. The number of hydrogen-bond acceptors (Lipinski definition) is 5. The zero-order chi connectivity index (χ0) is 19.6. The van der Waals surface area contributed by atoms with Gasteiger partial charge in [-0.05, 0) is 30.9 Å². The van der Waals surface area contributed by atoms with Crippen LogP contribution in [0.15, 0.2) is 30.3 Å². The SMILES string of the molecule is CC[C@H](C)[C@H](NC(=O)CNC(=O)C1CCCN1)C(=O)OCc1ccccc1.Cl. The Morgan fingerprint density at radius 2 is 1.96 bits per heavy atom. The van der Waals surface area contributed by atoms with Crippen LogP contribution in [0.4, 0.5) is 0 Å². The van der Waals surface area contributed by atoms with Gasteiger partial charge in [0, 0.05) is 0 Å². The minimum absolute atomic E-state index is 0. The molecule has 0 spiro atoms. The van der Waals surface area contributed by atoms with Gasteiger partial charge in [0.25, 0.3) is 0 Å². The van der Waals surface area contributed by atoms with Crippen LogP contribution < -0.4 is 16.0 Å². The van der Waals surface area contributed by atoms with Gasteiger partial charge in [0.1, 0.15) is 12.6 Å². The summed E-state index contributed by atoms with van der Waals surface area (Å²) in [4.78, 5) is 36.7. The molecule has 1 aliphatic rings. The van der Waals surface area contributed by atoms with Crippen LogP contribution in [-0.2, 0) is 25.7 Å². The molecule has 28 heavy (non-hydrogen) atoms. The maximum atomic E-state index is 12.5. The molecule has 8 heteroatoms. The summed E-state index contributed by atoms with van der Waals surface area (Å²) in [6, 6.07) is 8.40. The number of carbonyl (C=O) groups is 3. The summed E-state index contributed by atoms with van der Waals surface area (Å²) in [6.45, 7) is 4.65. The van der Waals surface area contributed by atoms with E-state index in [9.17, 15) is 14.4 Å². The molecule has 1 unspecified atom stereocenters. The van der Waals surface area contributed by atoms with Crippen molar-refractivity contribution in [2.75, 3.05) is 13.1 Å². The van der Waals surface area contributed by atoms with Gasteiger partial charge in [-0.2, -0.15) is 0 Å². The minimum atomic E-state index is -0.743. The molecular formula is C20H30ClN3O4. The third-order valence-electron chi connectivity index (χ3n) is 4.81. The number of halogens is 1. The molecule has 1 aromatic carbocycles. The molecule has 0 aromatic heterocycles. The maximum absolute atomic E-state index is 12.5. The van der Waals surface area contributed by atoms with E-state index in [-0.39, 0.29) is 43.4 Å². The summed E-state index contributed by atoms with van der Waals surface area (Å²) in [7, 11) is 0. The number of carbonyl (C=O) groups excluding carboxylic acids is 3. The summed E-state index contributed by atoms with van der Waals surface area (Å²) >= 11 is 0. The summed E-state index contributed by atoms with van der Waals surface area (Å²) < 4.78 is 5.37. The van der Waals surface area contributed by atoms with Crippen molar-refractivity contribution in [2.24, 2.45) is 5.92 Å². The lowest BCUT2D eigenvalue weighted by atomic mass is 9.99. The molecule has 0 aliphatic carbocycles. The summed E-state index contributed by atoms with van der Waals surface area (Å²) in [6.07, 6.45) is 2.44. The van der Waals surface area contributed by atoms with Crippen LogP contribution in [0.25, 0.3) is 0 Å². The van der Waals surface area contributed by atoms with Crippen molar-refractivity contribution in [2.45, 2.75) is 51.8 Å². The lowest BCUT2D eigenvalue weighted by molar-refractivity contribution is -0.150. The van der Waals surface area contributed by atoms with Gasteiger partial charge < -0.3 is 20.7 Å². The average Bonchev–Trinajstić information content (AvgIpc) is 3.23. The molecule has 3 N–H and O–H groups in total. The minimum Gasteiger partial charge on any atom is -0.459 e. The first-order chi connectivity index (χ1) is 13.0. The molecule has 0 saturated carbocycles. The Morgan fingerprint density at radius 3 is 2.57 bits per heavy atom. The number of rotatable bonds is 9. The molecule has 1 saturated heterocycles. The summed E-state index contributed by atoms with van der Waals surface area (Å²) in [5.74, 6) is -1.13. The van der Waals surface area contributed by atoms with Gasteiger partial charge in [-0.1, -0.05) is 50.6 Å². The first-order valence-corrected chi connectivity index (χ1v) is 9.52. The molecule has 1 fully saturated rings. The molecule has 1 aromatic rings. The Labute approximate surface area is 172 Å². The van der Waals surface area contributed by atoms with Crippen molar-refractivity contribution in [3.63, 3.8) is 0 Å². The molecular weight excluding hydrogens is 382 g/mol. The Bertz CT molecular complexity index is 636. The predicted octanol–water partition coefficient (Wildman–Crippen LogP) is 1.55. The number of amides is 2. The topological polar surface area (TPSA) is 96.5 Å². The second-order valence-corrected chi connectivity index (χ2v) is 6.89. The van der Waals surface area contributed by atoms with Crippen LogP contribution in [0, 0.1) is 5.92 Å².